The van der Waals surface area contributed by atoms with Gasteiger partial charge in [-0.2, -0.15) is 0 Å². The Bertz CT molecular complexity index is 131. The lowest BCUT2D eigenvalue weighted by Crippen LogP contribution is -2.19. The summed E-state index contributed by atoms with van der Waals surface area (Å²) < 4.78 is 0. The van der Waals surface area contributed by atoms with Crippen molar-refractivity contribution in [1.82, 2.24) is 5.32 Å². The lowest BCUT2D eigenvalue weighted by atomic mass is 10.3. The highest BCUT2D eigenvalue weighted by atomic mass is 35.5. The largest absolute Gasteiger partial charge is 0.370 e. The second-order valence-corrected chi connectivity index (χ2v) is 2.80. The molecule has 3 N–H and O–H groups in total. The maximum atomic E-state index is 10.2. The van der Waals surface area contributed by atoms with E-state index >= 15 is 0 Å². The highest BCUT2D eigenvalue weighted by molar-refractivity contribution is 6.29. The first-order valence-electron chi connectivity index (χ1n) is 3.45. The molecule has 0 aliphatic carbocycles. The molecular weight excluding hydrogens is 164 g/mol. The molecule has 0 bridgehead atoms. The minimum Gasteiger partial charge on any atom is -0.370 e. The number of amides is 1. The predicted molar refractivity (Wildman–Crippen MR) is 46.3 cm³/mol. The lowest BCUT2D eigenvalue weighted by molar-refractivity contribution is -0.118. The van der Waals surface area contributed by atoms with E-state index < -0.39 is 0 Å². The van der Waals surface area contributed by atoms with Crippen molar-refractivity contribution in [2.75, 3.05) is 13.1 Å². The van der Waals surface area contributed by atoms with Crippen LogP contribution in [0.3, 0.4) is 0 Å². The van der Waals surface area contributed by atoms with Crippen LogP contribution in [0.15, 0.2) is 11.6 Å². The van der Waals surface area contributed by atoms with Crippen LogP contribution in [0.1, 0.15) is 12.8 Å². The molecule has 0 aromatic rings. The number of nitrogens with one attached hydrogen (secondary N) is 1. The fourth-order valence-electron chi connectivity index (χ4n) is 0.612. The Hall–Kier alpha value is -0.540. The molecule has 0 aromatic heterocycles. The lowest BCUT2D eigenvalue weighted by Gasteiger charge is -2.00. The van der Waals surface area contributed by atoms with E-state index in [1.54, 1.807) is 0 Å². The average molecular weight is 177 g/mol. The summed E-state index contributed by atoms with van der Waals surface area (Å²) in [5, 5.41) is 3.57. The van der Waals surface area contributed by atoms with Crippen molar-refractivity contribution in [2.45, 2.75) is 12.8 Å². The van der Waals surface area contributed by atoms with E-state index in [2.05, 4.69) is 11.9 Å². The molecule has 0 fully saturated rings. The van der Waals surface area contributed by atoms with Crippen LogP contribution in [0, 0.1) is 0 Å². The van der Waals surface area contributed by atoms with Gasteiger partial charge in [-0.15, -0.1) is 0 Å². The van der Waals surface area contributed by atoms with E-state index in [4.69, 9.17) is 17.3 Å². The van der Waals surface area contributed by atoms with Crippen LogP contribution in [-0.2, 0) is 4.79 Å². The monoisotopic (exact) mass is 176 g/mol. The van der Waals surface area contributed by atoms with Gasteiger partial charge < -0.3 is 11.1 Å². The first-order chi connectivity index (χ1) is 5.13. The second kappa shape index (κ2) is 6.19. The Morgan fingerprint density at radius 1 is 1.64 bits per heavy atom. The van der Waals surface area contributed by atoms with Gasteiger partial charge in [0, 0.05) is 18.0 Å². The van der Waals surface area contributed by atoms with Crippen molar-refractivity contribution >= 4 is 17.5 Å². The number of rotatable bonds is 6. The molecule has 4 heteroatoms. The zero-order valence-electron chi connectivity index (χ0n) is 6.40. The normalized spacial score (nSPS) is 9.55. The molecule has 1 amide bonds. The van der Waals surface area contributed by atoms with Gasteiger partial charge in [-0.3, -0.25) is 4.79 Å². The minimum atomic E-state index is -0.267. The highest BCUT2D eigenvalue weighted by Crippen LogP contribution is 1.92. The van der Waals surface area contributed by atoms with E-state index in [0.29, 0.717) is 18.0 Å². The molecule has 0 saturated heterocycles. The average Bonchev–Trinajstić information content (AvgIpc) is 1.85. The van der Waals surface area contributed by atoms with Crippen molar-refractivity contribution in [2.24, 2.45) is 5.73 Å². The molecule has 11 heavy (non-hydrogen) atoms. The third-order valence-corrected chi connectivity index (χ3v) is 1.23. The third-order valence-electron chi connectivity index (χ3n) is 1.09. The van der Waals surface area contributed by atoms with Crippen molar-refractivity contribution in [3.8, 4) is 0 Å². The van der Waals surface area contributed by atoms with E-state index in [-0.39, 0.29) is 5.91 Å². The minimum absolute atomic E-state index is 0.267. The highest BCUT2D eigenvalue weighted by Gasteiger charge is 1.93. The van der Waals surface area contributed by atoms with Crippen LogP contribution >= 0.6 is 11.6 Å². The van der Waals surface area contributed by atoms with E-state index in [1.807, 2.05) is 0 Å². The Balaban J connectivity index is 3.03. The van der Waals surface area contributed by atoms with Crippen molar-refractivity contribution in [3.05, 3.63) is 11.6 Å². The molecular formula is C7H13ClN2O. The van der Waals surface area contributed by atoms with Crippen LogP contribution in [0.4, 0.5) is 0 Å². The fourth-order valence-corrected chi connectivity index (χ4v) is 0.706. The Morgan fingerprint density at radius 2 is 2.27 bits per heavy atom. The molecule has 0 spiro atoms. The summed E-state index contributed by atoms with van der Waals surface area (Å²) in [5.41, 5.74) is 4.92. The summed E-state index contributed by atoms with van der Waals surface area (Å²) >= 11 is 5.47. The van der Waals surface area contributed by atoms with E-state index in [0.717, 1.165) is 13.0 Å². The summed E-state index contributed by atoms with van der Waals surface area (Å²) in [6, 6.07) is 0. The summed E-state index contributed by atoms with van der Waals surface area (Å²) in [7, 11) is 0. The van der Waals surface area contributed by atoms with E-state index in [1.165, 1.54) is 0 Å². The zero-order valence-corrected chi connectivity index (χ0v) is 7.16. The number of carbonyl (C=O) groups excluding carboxylic acids is 1. The van der Waals surface area contributed by atoms with Crippen LogP contribution in [-0.4, -0.2) is 19.0 Å². The van der Waals surface area contributed by atoms with Gasteiger partial charge in [-0.25, -0.2) is 0 Å². The zero-order chi connectivity index (χ0) is 8.69. The van der Waals surface area contributed by atoms with Crippen LogP contribution in [0.25, 0.3) is 0 Å². The number of hydrogen-bond donors (Lipinski definition) is 2. The summed E-state index contributed by atoms with van der Waals surface area (Å²) in [4.78, 5) is 10.2. The topological polar surface area (TPSA) is 55.1 Å². The van der Waals surface area contributed by atoms with Gasteiger partial charge in [-0.1, -0.05) is 18.2 Å². The number of nitrogens with two attached hydrogens (primary N) is 1. The molecule has 3 nitrogen and oxygen atoms in total. The first kappa shape index (κ1) is 10.5. The number of hydrogen-bond acceptors (Lipinski definition) is 2. The maximum Gasteiger partial charge on any atom is 0.217 e. The molecule has 0 heterocycles. The predicted octanol–water partition coefficient (Wildman–Crippen LogP) is 0.594. The SMILES string of the molecule is C=C(Cl)CNCCCC(N)=O. The van der Waals surface area contributed by atoms with Gasteiger partial charge in [0.2, 0.25) is 5.91 Å². The number of halogens is 1. The van der Waals surface area contributed by atoms with E-state index in [9.17, 15) is 4.79 Å². The van der Waals surface area contributed by atoms with Crippen LogP contribution < -0.4 is 11.1 Å². The number of carbonyl (C=O) groups is 1. The van der Waals surface area contributed by atoms with Crippen molar-refractivity contribution in [3.63, 3.8) is 0 Å². The van der Waals surface area contributed by atoms with Crippen molar-refractivity contribution < 1.29 is 4.79 Å². The molecule has 0 aliphatic heterocycles. The summed E-state index contributed by atoms with van der Waals surface area (Å²) in [5.74, 6) is -0.267. The first-order valence-corrected chi connectivity index (χ1v) is 3.83. The van der Waals surface area contributed by atoms with Gasteiger partial charge in [0.1, 0.15) is 0 Å². The second-order valence-electron chi connectivity index (χ2n) is 2.26. The van der Waals surface area contributed by atoms with Crippen LogP contribution in [0.5, 0.6) is 0 Å². The molecule has 0 unspecified atom stereocenters. The van der Waals surface area contributed by atoms with Gasteiger partial charge >= 0.3 is 0 Å². The third kappa shape index (κ3) is 9.46. The fraction of sp³-hybridized carbons (Fsp3) is 0.571. The quantitative estimate of drug-likeness (QED) is 0.583. The van der Waals surface area contributed by atoms with Crippen LogP contribution in [0.2, 0.25) is 0 Å². The van der Waals surface area contributed by atoms with Gasteiger partial charge in [0.15, 0.2) is 0 Å². The molecule has 0 atom stereocenters. The van der Waals surface area contributed by atoms with Gasteiger partial charge in [0.25, 0.3) is 0 Å². The summed E-state index contributed by atoms with van der Waals surface area (Å²) in [6.45, 7) is 4.83. The van der Waals surface area contributed by atoms with Crippen molar-refractivity contribution in [1.29, 1.82) is 0 Å². The smallest absolute Gasteiger partial charge is 0.217 e. The molecule has 64 valence electrons. The van der Waals surface area contributed by atoms with Gasteiger partial charge in [-0.05, 0) is 13.0 Å². The maximum absolute atomic E-state index is 10.2. The molecule has 0 aliphatic rings. The Labute approximate surface area is 71.6 Å². The molecule has 0 saturated carbocycles. The summed E-state index contributed by atoms with van der Waals surface area (Å²) in [6.07, 6.45) is 1.17. The molecule has 0 radical (unpaired) electrons. The number of primary amides is 1. The Kier molecular flexibility index (Phi) is 5.88. The Morgan fingerprint density at radius 3 is 2.73 bits per heavy atom. The standard InChI is InChI=1S/C7H13ClN2O/c1-6(8)5-10-4-2-3-7(9)11/h10H,1-5H2,(H2,9,11). The molecule has 0 aromatic carbocycles. The molecule has 0 rings (SSSR count). The van der Waals surface area contributed by atoms with Gasteiger partial charge in [0.05, 0.1) is 0 Å².